The van der Waals surface area contributed by atoms with E-state index in [1.54, 1.807) is 13.2 Å². The third-order valence-corrected chi connectivity index (χ3v) is 3.61. The number of nitrogens with two attached hydrogens (primary N) is 2. The molecule has 4 N–H and O–H groups in total. The summed E-state index contributed by atoms with van der Waals surface area (Å²) in [5.74, 6) is 1.21. The molecule has 1 fully saturated rings. The molecule has 0 radical (unpaired) electrons. The topological polar surface area (TPSA) is 61.3 Å². The highest BCUT2D eigenvalue weighted by atomic mass is 35.5. The van der Waals surface area contributed by atoms with Crippen molar-refractivity contribution >= 4 is 11.6 Å². The van der Waals surface area contributed by atoms with Crippen molar-refractivity contribution in [2.24, 2.45) is 17.4 Å². The number of methoxy groups -OCH3 is 1. The third kappa shape index (κ3) is 2.17. The average Bonchev–Trinajstić information content (AvgIpc) is 2.23. The number of rotatable bonds is 3. The largest absolute Gasteiger partial charge is 0.497 e. The molecule has 1 aliphatic carbocycles. The molecule has 0 heterocycles. The Morgan fingerprint density at radius 1 is 1.44 bits per heavy atom. The molecular formula is C12H17ClN2O. The Kier molecular flexibility index (Phi) is 3.38. The Morgan fingerprint density at radius 2 is 2.12 bits per heavy atom. The lowest BCUT2D eigenvalue weighted by atomic mass is 9.74. The van der Waals surface area contributed by atoms with E-state index in [4.69, 9.17) is 27.8 Å². The second-order valence-electron chi connectivity index (χ2n) is 4.40. The van der Waals surface area contributed by atoms with Gasteiger partial charge in [-0.1, -0.05) is 17.7 Å². The first-order valence-corrected chi connectivity index (χ1v) is 5.84. The maximum Gasteiger partial charge on any atom is 0.120 e. The van der Waals surface area contributed by atoms with Gasteiger partial charge in [0.1, 0.15) is 5.75 Å². The Labute approximate surface area is 101 Å². The van der Waals surface area contributed by atoms with Crippen LogP contribution < -0.4 is 16.2 Å². The van der Waals surface area contributed by atoms with Crippen molar-refractivity contribution in [3.05, 3.63) is 28.8 Å². The van der Waals surface area contributed by atoms with E-state index in [0.29, 0.717) is 17.0 Å². The van der Waals surface area contributed by atoms with Gasteiger partial charge in [-0.15, -0.1) is 0 Å². The summed E-state index contributed by atoms with van der Waals surface area (Å²) >= 11 is 6.17. The number of ether oxygens (including phenoxy) is 1. The van der Waals surface area contributed by atoms with E-state index in [1.165, 1.54) is 0 Å². The highest BCUT2D eigenvalue weighted by Gasteiger charge is 2.32. The van der Waals surface area contributed by atoms with E-state index >= 15 is 0 Å². The van der Waals surface area contributed by atoms with Gasteiger partial charge in [0.05, 0.1) is 7.11 Å². The van der Waals surface area contributed by atoms with E-state index in [1.807, 2.05) is 12.1 Å². The van der Waals surface area contributed by atoms with Crippen LogP contribution in [0.3, 0.4) is 0 Å². The van der Waals surface area contributed by atoms with Gasteiger partial charge in [-0.05, 0) is 36.5 Å². The fourth-order valence-electron chi connectivity index (χ4n) is 2.16. The minimum Gasteiger partial charge on any atom is -0.497 e. The molecule has 0 aromatic heterocycles. The van der Waals surface area contributed by atoms with Gasteiger partial charge < -0.3 is 16.2 Å². The molecule has 2 rings (SSSR count). The van der Waals surface area contributed by atoms with Crippen LogP contribution in [0.2, 0.25) is 5.02 Å². The number of benzene rings is 1. The summed E-state index contributed by atoms with van der Waals surface area (Å²) in [6.45, 7) is 0. The molecule has 0 aliphatic heterocycles. The van der Waals surface area contributed by atoms with Crippen LogP contribution in [0.5, 0.6) is 5.75 Å². The molecule has 0 saturated heterocycles. The van der Waals surface area contributed by atoms with Crippen LogP contribution in [-0.4, -0.2) is 13.2 Å². The van der Waals surface area contributed by atoms with Gasteiger partial charge in [0.15, 0.2) is 0 Å². The number of hydrogen-bond donors (Lipinski definition) is 2. The molecular weight excluding hydrogens is 224 g/mol. The molecule has 1 unspecified atom stereocenters. The van der Waals surface area contributed by atoms with Crippen LogP contribution in [0.4, 0.5) is 0 Å². The summed E-state index contributed by atoms with van der Waals surface area (Å²) in [5.41, 5.74) is 12.9. The van der Waals surface area contributed by atoms with Crippen LogP contribution in [-0.2, 0) is 0 Å². The SMILES string of the molecule is COc1ccc(C(N)C2CC(N)C2)c(Cl)c1. The van der Waals surface area contributed by atoms with E-state index in [9.17, 15) is 0 Å². The first kappa shape index (κ1) is 11.7. The second kappa shape index (κ2) is 4.62. The standard InChI is InChI=1S/C12H17ClN2O/c1-16-9-2-3-10(11(13)6-9)12(15)7-4-8(14)5-7/h2-3,6-8,12H,4-5,14-15H2,1H3. The normalized spacial score (nSPS) is 26.0. The molecule has 0 amide bonds. The zero-order chi connectivity index (χ0) is 11.7. The van der Waals surface area contributed by atoms with Crippen molar-refractivity contribution in [2.45, 2.75) is 24.9 Å². The van der Waals surface area contributed by atoms with Gasteiger partial charge in [0.25, 0.3) is 0 Å². The molecule has 0 spiro atoms. The minimum atomic E-state index is -0.0155. The lowest BCUT2D eigenvalue weighted by Gasteiger charge is -2.37. The van der Waals surface area contributed by atoms with Crippen LogP contribution >= 0.6 is 11.6 Å². The molecule has 1 aromatic rings. The molecule has 0 bridgehead atoms. The molecule has 3 nitrogen and oxygen atoms in total. The molecule has 4 heteroatoms. The van der Waals surface area contributed by atoms with E-state index in [-0.39, 0.29) is 6.04 Å². The van der Waals surface area contributed by atoms with Crippen LogP contribution in [0.1, 0.15) is 24.4 Å². The van der Waals surface area contributed by atoms with Gasteiger partial charge >= 0.3 is 0 Å². The Bertz CT molecular complexity index is 377. The third-order valence-electron chi connectivity index (χ3n) is 3.29. The molecule has 1 aromatic carbocycles. The van der Waals surface area contributed by atoms with Crippen molar-refractivity contribution in [2.75, 3.05) is 7.11 Å². The summed E-state index contributed by atoms with van der Waals surface area (Å²) in [7, 11) is 1.62. The lowest BCUT2D eigenvalue weighted by Crippen LogP contribution is -2.41. The van der Waals surface area contributed by atoms with Crippen LogP contribution in [0.15, 0.2) is 18.2 Å². The molecule has 1 atom stereocenters. The fourth-order valence-corrected chi connectivity index (χ4v) is 2.46. The molecule has 88 valence electrons. The van der Waals surface area contributed by atoms with E-state index in [2.05, 4.69) is 0 Å². The van der Waals surface area contributed by atoms with Crippen molar-refractivity contribution < 1.29 is 4.74 Å². The highest BCUT2D eigenvalue weighted by Crippen LogP contribution is 2.38. The van der Waals surface area contributed by atoms with E-state index < -0.39 is 0 Å². The van der Waals surface area contributed by atoms with Crippen LogP contribution in [0, 0.1) is 5.92 Å². The maximum absolute atomic E-state index is 6.17. The summed E-state index contributed by atoms with van der Waals surface area (Å²) < 4.78 is 5.10. The number of hydrogen-bond acceptors (Lipinski definition) is 3. The lowest BCUT2D eigenvalue weighted by molar-refractivity contribution is 0.224. The smallest absolute Gasteiger partial charge is 0.120 e. The average molecular weight is 241 g/mol. The van der Waals surface area contributed by atoms with Gasteiger partial charge in [-0.25, -0.2) is 0 Å². The zero-order valence-corrected chi connectivity index (χ0v) is 10.1. The van der Waals surface area contributed by atoms with Gasteiger partial charge in [0, 0.05) is 17.1 Å². The quantitative estimate of drug-likeness (QED) is 0.851. The summed E-state index contributed by atoms with van der Waals surface area (Å²) in [6, 6.07) is 5.93. The van der Waals surface area contributed by atoms with Crippen molar-refractivity contribution in [3.63, 3.8) is 0 Å². The highest BCUT2D eigenvalue weighted by molar-refractivity contribution is 6.31. The second-order valence-corrected chi connectivity index (χ2v) is 4.81. The summed E-state index contributed by atoms with van der Waals surface area (Å²) in [6.07, 6.45) is 1.98. The van der Waals surface area contributed by atoms with Gasteiger partial charge in [0.2, 0.25) is 0 Å². The Morgan fingerprint density at radius 3 is 2.62 bits per heavy atom. The minimum absolute atomic E-state index is 0.0155. The van der Waals surface area contributed by atoms with E-state index in [0.717, 1.165) is 24.2 Å². The molecule has 1 saturated carbocycles. The maximum atomic E-state index is 6.17. The molecule has 16 heavy (non-hydrogen) atoms. The molecule has 1 aliphatic rings. The van der Waals surface area contributed by atoms with Crippen molar-refractivity contribution in [1.29, 1.82) is 0 Å². The van der Waals surface area contributed by atoms with Gasteiger partial charge in [-0.2, -0.15) is 0 Å². The van der Waals surface area contributed by atoms with Crippen LogP contribution in [0.25, 0.3) is 0 Å². The predicted molar refractivity (Wildman–Crippen MR) is 65.6 cm³/mol. The predicted octanol–water partition coefficient (Wildman–Crippen LogP) is 2.09. The van der Waals surface area contributed by atoms with Crippen molar-refractivity contribution in [1.82, 2.24) is 0 Å². The van der Waals surface area contributed by atoms with Gasteiger partial charge in [-0.3, -0.25) is 0 Å². The monoisotopic (exact) mass is 240 g/mol. The first-order chi connectivity index (χ1) is 7.61. The van der Waals surface area contributed by atoms with Crippen molar-refractivity contribution in [3.8, 4) is 5.75 Å². The Hall–Kier alpha value is -0.770. The zero-order valence-electron chi connectivity index (χ0n) is 9.32. The fraction of sp³-hybridized carbons (Fsp3) is 0.500. The summed E-state index contributed by atoms with van der Waals surface area (Å²) in [5, 5.41) is 0.673. The first-order valence-electron chi connectivity index (χ1n) is 5.46. The summed E-state index contributed by atoms with van der Waals surface area (Å²) in [4.78, 5) is 0. The Balaban J connectivity index is 2.14. The number of halogens is 1.